The first-order valence-corrected chi connectivity index (χ1v) is 6.06. The van der Waals surface area contributed by atoms with Crippen LogP contribution in [-0.4, -0.2) is 18.5 Å². The number of nitrogens with zero attached hydrogens (tertiary/aromatic N) is 1. The number of halogens is 1. The molecule has 3 N–H and O–H groups in total. The van der Waals surface area contributed by atoms with E-state index in [4.69, 9.17) is 5.73 Å². The van der Waals surface area contributed by atoms with E-state index in [1.165, 1.54) is 17.5 Å². The third kappa shape index (κ3) is 2.25. The van der Waals surface area contributed by atoms with Gasteiger partial charge in [0.25, 0.3) is 0 Å². The van der Waals surface area contributed by atoms with E-state index in [2.05, 4.69) is 41.2 Å². The monoisotopic (exact) mass is 355 g/mol. The molecule has 3 atom stereocenters. The summed E-state index contributed by atoms with van der Waals surface area (Å²) in [5, 5.41) is 3.31. The molecule has 1 saturated carbocycles. The van der Waals surface area contributed by atoms with Gasteiger partial charge >= 0.3 is 0 Å². The largest absolute Gasteiger partial charge is 0.370 e. The van der Waals surface area contributed by atoms with Gasteiger partial charge in [-0.15, -0.1) is 30.6 Å². The molecule has 1 aromatic rings. The lowest BCUT2D eigenvalue weighted by atomic mass is 10.1. The van der Waals surface area contributed by atoms with Crippen LogP contribution >= 0.6 is 24.0 Å². The van der Waals surface area contributed by atoms with Crippen molar-refractivity contribution in [1.82, 2.24) is 5.32 Å². The molecule has 18 heavy (non-hydrogen) atoms. The number of nitrogens with one attached hydrogen (secondary N) is 1. The van der Waals surface area contributed by atoms with Crippen LogP contribution in [0.1, 0.15) is 17.0 Å². The van der Waals surface area contributed by atoms with Gasteiger partial charge in [-0.25, -0.2) is 4.99 Å². The number of nitrogens with two attached hydrogens (primary N) is 1. The summed E-state index contributed by atoms with van der Waals surface area (Å²) in [6, 6.07) is 9.18. The molecule has 2 aliphatic carbocycles. The maximum Gasteiger partial charge on any atom is 0.189 e. The summed E-state index contributed by atoms with van der Waals surface area (Å²) in [6.45, 7) is 4.20. The van der Waals surface area contributed by atoms with Gasteiger partial charge in [-0.3, -0.25) is 0 Å². The Bertz CT molecular complexity index is 484. The molecule has 0 spiro atoms. The second-order valence-electron chi connectivity index (χ2n) is 4.78. The number of hydrogen-bond donors (Lipinski definition) is 2. The van der Waals surface area contributed by atoms with Crippen LogP contribution in [0.15, 0.2) is 41.9 Å². The summed E-state index contributed by atoms with van der Waals surface area (Å²) in [7, 11) is 0. The minimum atomic E-state index is 0. The molecule has 3 nitrogen and oxygen atoms in total. The summed E-state index contributed by atoms with van der Waals surface area (Å²) in [5.74, 6) is 1.90. The van der Waals surface area contributed by atoms with E-state index < -0.39 is 0 Å². The van der Waals surface area contributed by atoms with Crippen LogP contribution in [0.3, 0.4) is 0 Å². The zero-order chi connectivity index (χ0) is 11.8. The predicted octanol–water partition coefficient (Wildman–Crippen LogP) is 2.03. The van der Waals surface area contributed by atoms with Gasteiger partial charge in [0.1, 0.15) is 0 Å². The van der Waals surface area contributed by atoms with Crippen LogP contribution in [0.2, 0.25) is 0 Å². The molecule has 0 aliphatic heterocycles. The Morgan fingerprint density at radius 1 is 1.50 bits per heavy atom. The summed E-state index contributed by atoms with van der Waals surface area (Å²) in [4.78, 5) is 4.17. The van der Waals surface area contributed by atoms with Gasteiger partial charge < -0.3 is 11.1 Å². The lowest BCUT2D eigenvalue weighted by Crippen LogP contribution is -2.35. The molecular formula is C14H18IN3. The summed E-state index contributed by atoms with van der Waals surface area (Å²) in [5.41, 5.74) is 8.81. The number of aliphatic imine (C=N–C) groups is 1. The molecule has 0 bridgehead atoms. The number of rotatable bonds is 3. The first-order chi connectivity index (χ1) is 8.31. The van der Waals surface area contributed by atoms with Crippen LogP contribution < -0.4 is 11.1 Å². The van der Waals surface area contributed by atoms with E-state index in [9.17, 15) is 0 Å². The molecular weight excluding hydrogens is 337 g/mol. The third-order valence-corrected chi connectivity index (χ3v) is 3.74. The summed E-state index contributed by atoms with van der Waals surface area (Å²) < 4.78 is 0. The van der Waals surface area contributed by atoms with E-state index >= 15 is 0 Å². The van der Waals surface area contributed by atoms with Crippen molar-refractivity contribution in [3.05, 3.63) is 48.0 Å². The van der Waals surface area contributed by atoms with E-state index in [-0.39, 0.29) is 24.0 Å². The highest BCUT2D eigenvalue weighted by atomic mass is 127. The van der Waals surface area contributed by atoms with Crippen molar-refractivity contribution in [2.24, 2.45) is 16.6 Å². The van der Waals surface area contributed by atoms with Crippen LogP contribution in [0.5, 0.6) is 0 Å². The van der Waals surface area contributed by atoms with Crippen LogP contribution in [-0.2, 0) is 6.42 Å². The highest BCUT2D eigenvalue weighted by molar-refractivity contribution is 14.0. The molecule has 3 unspecified atom stereocenters. The average molecular weight is 355 g/mol. The standard InChI is InChI=1S/C14H17N3.HI/c1-2-7-16-14(15)17-13-11-8-9-5-3-4-6-10(9)12(11)13;/h2-6,11-13H,1,7-8H2,(H3,15,16,17);1H. The highest BCUT2D eigenvalue weighted by Crippen LogP contribution is 2.56. The van der Waals surface area contributed by atoms with E-state index in [1.807, 2.05) is 0 Å². The smallest absolute Gasteiger partial charge is 0.189 e. The van der Waals surface area contributed by atoms with E-state index in [0.29, 0.717) is 30.4 Å². The van der Waals surface area contributed by atoms with Crippen molar-refractivity contribution in [3.63, 3.8) is 0 Å². The van der Waals surface area contributed by atoms with Crippen molar-refractivity contribution in [3.8, 4) is 0 Å². The molecule has 0 heterocycles. The molecule has 1 aromatic carbocycles. The molecule has 2 aliphatic rings. The van der Waals surface area contributed by atoms with E-state index in [1.54, 1.807) is 6.08 Å². The van der Waals surface area contributed by atoms with E-state index in [0.717, 1.165) is 0 Å². The van der Waals surface area contributed by atoms with Gasteiger partial charge in [0, 0.05) is 12.0 Å². The van der Waals surface area contributed by atoms with Gasteiger partial charge in [-0.1, -0.05) is 30.3 Å². The Balaban J connectivity index is 0.00000120. The maximum atomic E-state index is 5.82. The van der Waals surface area contributed by atoms with Crippen molar-refractivity contribution in [2.75, 3.05) is 6.54 Å². The predicted molar refractivity (Wildman–Crippen MR) is 85.4 cm³/mol. The quantitative estimate of drug-likeness (QED) is 0.377. The molecule has 0 amide bonds. The lowest BCUT2D eigenvalue weighted by molar-refractivity contribution is 0.742. The second kappa shape index (κ2) is 5.30. The van der Waals surface area contributed by atoms with Crippen LogP contribution in [0, 0.1) is 5.92 Å². The van der Waals surface area contributed by atoms with Gasteiger partial charge in [-0.05, 0) is 23.5 Å². The normalized spacial score (nSPS) is 27.8. The summed E-state index contributed by atoms with van der Waals surface area (Å²) in [6.07, 6.45) is 2.92. The molecule has 0 aromatic heterocycles. The number of guanidine groups is 1. The minimum Gasteiger partial charge on any atom is -0.370 e. The SMILES string of the molecule is C=CCN=C(N)NC1C2Cc3ccccc3C21.I. The first kappa shape index (κ1) is 13.4. The zero-order valence-electron chi connectivity index (χ0n) is 10.2. The Morgan fingerprint density at radius 3 is 3.06 bits per heavy atom. The molecule has 4 heteroatoms. The van der Waals surface area contributed by atoms with Crippen molar-refractivity contribution in [2.45, 2.75) is 18.4 Å². The van der Waals surface area contributed by atoms with Gasteiger partial charge in [0.15, 0.2) is 5.96 Å². The average Bonchev–Trinajstić information content (AvgIpc) is 2.86. The number of hydrogen-bond acceptors (Lipinski definition) is 1. The molecule has 3 rings (SSSR count). The topological polar surface area (TPSA) is 50.4 Å². The molecule has 96 valence electrons. The Morgan fingerprint density at radius 2 is 2.28 bits per heavy atom. The van der Waals surface area contributed by atoms with Gasteiger partial charge in [0.05, 0.1) is 6.54 Å². The van der Waals surface area contributed by atoms with Crippen LogP contribution in [0.25, 0.3) is 0 Å². The van der Waals surface area contributed by atoms with Crippen LogP contribution in [0.4, 0.5) is 0 Å². The maximum absolute atomic E-state index is 5.82. The summed E-state index contributed by atoms with van der Waals surface area (Å²) >= 11 is 0. The highest BCUT2D eigenvalue weighted by Gasteiger charge is 2.55. The van der Waals surface area contributed by atoms with Crippen molar-refractivity contribution in [1.29, 1.82) is 0 Å². The van der Waals surface area contributed by atoms with Gasteiger partial charge in [-0.2, -0.15) is 0 Å². The first-order valence-electron chi connectivity index (χ1n) is 6.06. The third-order valence-electron chi connectivity index (χ3n) is 3.74. The minimum absolute atomic E-state index is 0. The lowest BCUT2D eigenvalue weighted by Gasteiger charge is -2.09. The molecule has 0 saturated heterocycles. The Labute approximate surface area is 125 Å². The molecule has 1 fully saturated rings. The fraction of sp³-hybridized carbons (Fsp3) is 0.357. The Kier molecular flexibility index (Phi) is 3.94. The Hall–Kier alpha value is -1.04. The molecule has 0 radical (unpaired) electrons. The second-order valence-corrected chi connectivity index (χ2v) is 4.78. The van der Waals surface area contributed by atoms with Crippen molar-refractivity contribution >= 4 is 29.9 Å². The fourth-order valence-corrected chi connectivity index (χ4v) is 2.93. The number of fused-ring (bicyclic) bond motifs is 3. The van der Waals surface area contributed by atoms with Crippen molar-refractivity contribution < 1.29 is 0 Å². The zero-order valence-corrected chi connectivity index (χ0v) is 12.5. The van der Waals surface area contributed by atoms with Gasteiger partial charge in [0.2, 0.25) is 0 Å². The number of benzene rings is 1. The fourth-order valence-electron chi connectivity index (χ4n) is 2.93.